The molecule has 1 amide bonds. The first-order valence-electron chi connectivity index (χ1n) is 5.74. The summed E-state index contributed by atoms with van der Waals surface area (Å²) < 4.78 is 5.02. The highest BCUT2D eigenvalue weighted by Crippen LogP contribution is 2.06. The Morgan fingerprint density at radius 3 is 2.72 bits per heavy atom. The monoisotopic (exact) mass is 251 g/mol. The second kappa shape index (κ2) is 6.64. The average Bonchev–Trinajstić information content (AvgIpc) is 2.77. The number of carbonyl (C=O) groups excluding carboxylic acids is 1. The van der Waals surface area contributed by atoms with Crippen molar-refractivity contribution in [3.63, 3.8) is 0 Å². The number of rotatable bonds is 6. The predicted octanol–water partition coefficient (Wildman–Crippen LogP) is 1.91. The summed E-state index contributed by atoms with van der Waals surface area (Å²) in [7, 11) is 0. The van der Waals surface area contributed by atoms with E-state index >= 15 is 0 Å². The Morgan fingerprint density at radius 1 is 1.50 bits per heavy atom. The van der Waals surface area contributed by atoms with Crippen LogP contribution in [0.5, 0.6) is 0 Å². The van der Waals surface area contributed by atoms with Gasteiger partial charge in [0.2, 0.25) is 5.91 Å². The molecule has 0 aliphatic rings. The first-order chi connectivity index (χ1) is 8.49. The Balaban J connectivity index is 2.53. The molecule has 2 N–H and O–H groups in total. The lowest BCUT2D eigenvalue weighted by molar-refractivity contribution is -0.141. The van der Waals surface area contributed by atoms with Crippen molar-refractivity contribution in [1.82, 2.24) is 5.32 Å². The molecule has 0 spiro atoms. The third-order valence-electron chi connectivity index (χ3n) is 2.26. The molecule has 1 aromatic rings. The van der Waals surface area contributed by atoms with Crippen molar-refractivity contribution in [2.75, 3.05) is 0 Å². The fraction of sp³-hybridized carbons (Fsp3) is 0.385. The third-order valence-corrected chi connectivity index (χ3v) is 2.26. The molecule has 0 aromatic carbocycles. The van der Waals surface area contributed by atoms with Crippen LogP contribution in [0.4, 0.5) is 0 Å². The van der Waals surface area contributed by atoms with Gasteiger partial charge in [0.1, 0.15) is 11.8 Å². The van der Waals surface area contributed by atoms with E-state index in [1.165, 1.54) is 18.4 Å². The SMILES string of the molecule is CC(C)CC(NC(=O)C=Cc1ccco1)C(=O)O. The van der Waals surface area contributed by atoms with Crippen LogP contribution in [0, 0.1) is 5.92 Å². The summed E-state index contributed by atoms with van der Waals surface area (Å²) in [4.78, 5) is 22.5. The lowest BCUT2D eigenvalue weighted by Gasteiger charge is -2.15. The minimum absolute atomic E-state index is 0.195. The van der Waals surface area contributed by atoms with Crippen molar-refractivity contribution in [2.45, 2.75) is 26.3 Å². The van der Waals surface area contributed by atoms with E-state index in [0.29, 0.717) is 12.2 Å². The lowest BCUT2D eigenvalue weighted by atomic mass is 10.0. The molecule has 0 radical (unpaired) electrons. The normalized spacial score (nSPS) is 12.8. The first kappa shape index (κ1) is 14.0. The van der Waals surface area contributed by atoms with Crippen LogP contribution in [-0.2, 0) is 9.59 Å². The van der Waals surface area contributed by atoms with Crippen LogP contribution >= 0.6 is 0 Å². The van der Waals surface area contributed by atoms with Gasteiger partial charge in [-0.3, -0.25) is 4.79 Å². The quantitative estimate of drug-likeness (QED) is 0.757. The summed E-state index contributed by atoms with van der Waals surface area (Å²) in [5.74, 6) is -0.732. The van der Waals surface area contributed by atoms with Crippen LogP contribution < -0.4 is 5.32 Å². The molecule has 0 saturated carbocycles. The zero-order valence-electron chi connectivity index (χ0n) is 10.4. The summed E-state index contributed by atoms with van der Waals surface area (Å²) in [5, 5.41) is 11.4. The number of carboxylic acid groups (broad SMARTS) is 1. The van der Waals surface area contributed by atoms with E-state index in [-0.39, 0.29) is 5.92 Å². The van der Waals surface area contributed by atoms with Crippen LogP contribution in [0.15, 0.2) is 28.9 Å². The van der Waals surface area contributed by atoms with E-state index in [1.807, 2.05) is 13.8 Å². The van der Waals surface area contributed by atoms with Crippen molar-refractivity contribution in [3.8, 4) is 0 Å². The van der Waals surface area contributed by atoms with E-state index in [1.54, 1.807) is 12.1 Å². The number of hydrogen-bond donors (Lipinski definition) is 2. The summed E-state index contributed by atoms with van der Waals surface area (Å²) in [6, 6.07) is 2.54. The number of amides is 1. The molecule has 98 valence electrons. The number of nitrogens with one attached hydrogen (secondary N) is 1. The maximum atomic E-state index is 11.5. The zero-order valence-corrected chi connectivity index (χ0v) is 10.4. The number of aliphatic carboxylic acids is 1. The zero-order chi connectivity index (χ0) is 13.5. The molecule has 5 heteroatoms. The molecular formula is C13H17NO4. The standard InChI is InChI=1S/C13H17NO4/c1-9(2)8-11(13(16)17)14-12(15)6-5-10-4-3-7-18-10/h3-7,9,11H,8H2,1-2H3,(H,14,15)(H,16,17). The molecular weight excluding hydrogens is 234 g/mol. The molecule has 0 aliphatic carbocycles. The fourth-order valence-corrected chi connectivity index (χ4v) is 1.46. The largest absolute Gasteiger partial charge is 0.480 e. The molecule has 1 atom stereocenters. The van der Waals surface area contributed by atoms with Gasteiger partial charge in [-0.2, -0.15) is 0 Å². The first-order valence-corrected chi connectivity index (χ1v) is 5.74. The molecule has 0 bridgehead atoms. The molecule has 18 heavy (non-hydrogen) atoms. The minimum atomic E-state index is -1.02. The van der Waals surface area contributed by atoms with Gasteiger partial charge in [-0.25, -0.2) is 4.79 Å². The maximum Gasteiger partial charge on any atom is 0.326 e. The average molecular weight is 251 g/mol. The number of carboxylic acids is 1. The Kier molecular flexibility index (Phi) is 5.17. The topological polar surface area (TPSA) is 79.5 Å². The predicted molar refractivity (Wildman–Crippen MR) is 66.8 cm³/mol. The molecule has 1 unspecified atom stereocenters. The molecule has 0 aliphatic heterocycles. The number of furan rings is 1. The second-order valence-corrected chi connectivity index (χ2v) is 4.38. The van der Waals surface area contributed by atoms with Crippen LogP contribution in [0.3, 0.4) is 0 Å². The highest BCUT2D eigenvalue weighted by atomic mass is 16.4. The van der Waals surface area contributed by atoms with Gasteiger partial charge in [-0.15, -0.1) is 0 Å². The van der Waals surface area contributed by atoms with E-state index in [2.05, 4.69) is 5.32 Å². The molecule has 0 fully saturated rings. The molecule has 5 nitrogen and oxygen atoms in total. The second-order valence-electron chi connectivity index (χ2n) is 4.38. The number of hydrogen-bond acceptors (Lipinski definition) is 3. The Morgan fingerprint density at radius 2 is 2.22 bits per heavy atom. The van der Waals surface area contributed by atoms with Crippen molar-refractivity contribution >= 4 is 18.0 Å². The van der Waals surface area contributed by atoms with Crippen LogP contribution in [0.1, 0.15) is 26.0 Å². The molecule has 1 rings (SSSR count). The van der Waals surface area contributed by atoms with Crippen molar-refractivity contribution in [1.29, 1.82) is 0 Å². The van der Waals surface area contributed by atoms with Gasteiger partial charge in [0.15, 0.2) is 0 Å². The van der Waals surface area contributed by atoms with Gasteiger partial charge < -0.3 is 14.8 Å². The number of carbonyl (C=O) groups is 2. The van der Waals surface area contributed by atoms with Crippen molar-refractivity contribution in [2.24, 2.45) is 5.92 Å². The van der Waals surface area contributed by atoms with E-state index in [9.17, 15) is 9.59 Å². The van der Waals surface area contributed by atoms with Gasteiger partial charge in [-0.05, 0) is 30.5 Å². The lowest BCUT2D eigenvalue weighted by Crippen LogP contribution is -2.40. The van der Waals surface area contributed by atoms with E-state index in [0.717, 1.165) is 0 Å². The van der Waals surface area contributed by atoms with Gasteiger partial charge in [0, 0.05) is 6.08 Å². The van der Waals surface area contributed by atoms with Crippen molar-refractivity contribution in [3.05, 3.63) is 30.2 Å². The van der Waals surface area contributed by atoms with Gasteiger partial charge in [-0.1, -0.05) is 13.8 Å². The maximum absolute atomic E-state index is 11.5. The summed E-state index contributed by atoms with van der Waals surface area (Å²) in [6.07, 6.45) is 4.64. The third kappa shape index (κ3) is 4.86. The minimum Gasteiger partial charge on any atom is -0.480 e. The van der Waals surface area contributed by atoms with Crippen LogP contribution in [-0.4, -0.2) is 23.0 Å². The van der Waals surface area contributed by atoms with Crippen LogP contribution in [0.25, 0.3) is 6.08 Å². The summed E-state index contributed by atoms with van der Waals surface area (Å²) in [5.41, 5.74) is 0. The Bertz CT molecular complexity index is 420. The van der Waals surface area contributed by atoms with E-state index < -0.39 is 17.9 Å². The van der Waals surface area contributed by atoms with Gasteiger partial charge >= 0.3 is 5.97 Å². The van der Waals surface area contributed by atoms with Crippen molar-refractivity contribution < 1.29 is 19.1 Å². The van der Waals surface area contributed by atoms with Gasteiger partial charge in [0.05, 0.1) is 6.26 Å². The van der Waals surface area contributed by atoms with Gasteiger partial charge in [0.25, 0.3) is 0 Å². The Labute approximate surface area is 105 Å². The van der Waals surface area contributed by atoms with Crippen LogP contribution in [0.2, 0.25) is 0 Å². The smallest absolute Gasteiger partial charge is 0.326 e. The molecule has 1 aromatic heterocycles. The molecule has 1 heterocycles. The highest BCUT2D eigenvalue weighted by molar-refractivity contribution is 5.94. The fourth-order valence-electron chi connectivity index (χ4n) is 1.46. The summed E-state index contributed by atoms with van der Waals surface area (Å²) >= 11 is 0. The molecule has 0 saturated heterocycles. The highest BCUT2D eigenvalue weighted by Gasteiger charge is 2.19. The Hall–Kier alpha value is -2.04. The van der Waals surface area contributed by atoms with E-state index in [4.69, 9.17) is 9.52 Å². The summed E-state index contributed by atoms with van der Waals surface area (Å²) in [6.45, 7) is 3.81.